The maximum atomic E-state index is 5.50. The summed E-state index contributed by atoms with van der Waals surface area (Å²) < 4.78 is 4.00. The summed E-state index contributed by atoms with van der Waals surface area (Å²) in [5, 5.41) is 13.1. The Morgan fingerprint density at radius 1 is 1.19 bits per heavy atom. The van der Waals surface area contributed by atoms with E-state index in [-0.39, 0.29) is 0 Å². The van der Waals surface area contributed by atoms with Crippen molar-refractivity contribution in [2.75, 3.05) is 6.54 Å². The zero-order valence-electron chi connectivity index (χ0n) is 12.5. The number of nitrogens with zero attached hydrogens (tertiary/aromatic N) is 5. The van der Waals surface area contributed by atoms with Gasteiger partial charge in [-0.3, -0.25) is 4.68 Å². The molecule has 1 aliphatic rings. The van der Waals surface area contributed by atoms with Crippen molar-refractivity contribution >= 4 is 0 Å². The molecule has 6 heteroatoms. The zero-order valence-corrected chi connectivity index (χ0v) is 12.5. The minimum atomic E-state index is 0.598. The van der Waals surface area contributed by atoms with Gasteiger partial charge in [0.05, 0.1) is 24.0 Å². The lowest BCUT2D eigenvalue weighted by molar-refractivity contribution is 0.460. The van der Waals surface area contributed by atoms with E-state index in [0.29, 0.717) is 12.6 Å². The molecule has 2 heterocycles. The van der Waals surface area contributed by atoms with E-state index in [9.17, 15) is 0 Å². The lowest BCUT2D eigenvalue weighted by atomic mass is 10.2. The molecule has 1 fully saturated rings. The third-order valence-corrected chi connectivity index (χ3v) is 4.16. The third-order valence-electron chi connectivity index (χ3n) is 4.16. The van der Waals surface area contributed by atoms with Crippen LogP contribution in [0.15, 0.2) is 18.5 Å². The Morgan fingerprint density at radius 3 is 2.86 bits per heavy atom. The number of hydrogen-bond donors (Lipinski definition) is 1. The first-order valence-corrected chi connectivity index (χ1v) is 7.98. The molecule has 114 valence electrons. The van der Waals surface area contributed by atoms with Crippen molar-refractivity contribution in [2.45, 2.75) is 57.5 Å². The molecule has 1 aliphatic carbocycles. The summed E-state index contributed by atoms with van der Waals surface area (Å²) in [4.78, 5) is 0. The van der Waals surface area contributed by atoms with Crippen molar-refractivity contribution in [3.05, 3.63) is 29.8 Å². The molecule has 21 heavy (non-hydrogen) atoms. The molecule has 0 unspecified atom stereocenters. The minimum absolute atomic E-state index is 0.598. The van der Waals surface area contributed by atoms with Crippen LogP contribution in [0, 0.1) is 0 Å². The summed E-state index contributed by atoms with van der Waals surface area (Å²) in [6.45, 7) is 1.44. The molecule has 3 rings (SSSR count). The van der Waals surface area contributed by atoms with Crippen LogP contribution in [-0.2, 0) is 13.0 Å². The summed E-state index contributed by atoms with van der Waals surface area (Å²) in [5.74, 6) is 0. The lowest BCUT2D eigenvalue weighted by Crippen LogP contribution is -2.07. The number of unbranched alkanes of at least 4 members (excludes halogenated alkanes) is 1. The molecule has 0 atom stereocenters. The molecular formula is C15H24N6. The van der Waals surface area contributed by atoms with E-state index in [1.54, 1.807) is 0 Å². The van der Waals surface area contributed by atoms with Crippen molar-refractivity contribution in [1.29, 1.82) is 0 Å². The summed E-state index contributed by atoms with van der Waals surface area (Å²) >= 11 is 0. The van der Waals surface area contributed by atoms with Gasteiger partial charge in [0.1, 0.15) is 0 Å². The van der Waals surface area contributed by atoms with Crippen molar-refractivity contribution in [3.63, 3.8) is 0 Å². The molecule has 0 bridgehead atoms. The summed E-state index contributed by atoms with van der Waals surface area (Å²) in [7, 11) is 0. The smallest absolute Gasteiger partial charge is 0.0867 e. The molecule has 0 amide bonds. The molecule has 6 nitrogen and oxygen atoms in total. The van der Waals surface area contributed by atoms with Gasteiger partial charge in [-0.1, -0.05) is 18.1 Å². The first kappa shape index (κ1) is 14.3. The van der Waals surface area contributed by atoms with Crippen molar-refractivity contribution in [1.82, 2.24) is 24.8 Å². The number of nitrogens with two attached hydrogens (primary N) is 1. The van der Waals surface area contributed by atoms with Crippen molar-refractivity contribution in [3.8, 4) is 0 Å². The predicted molar refractivity (Wildman–Crippen MR) is 80.8 cm³/mol. The Hall–Kier alpha value is -1.69. The molecule has 1 saturated carbocycles. The minimum Gasteiger partial charge on any atom is -0.330 e. The van der Waals surface area contributed by atoms with E-state index in [1.165, 1.54) is 25.7 Å². The molecule has 0 aromatic carbocycles. The molecule has 0 saturated heterocycles. The molecule has 2 N–H and O–H groups in total. The topological polar surface area (TPSA) is 74.5 Å². The first-order valence-electron chi connectivity index (χ1n) is 7.98. The monoisotopic (exact) mass is 288 g/mol. The predicted octanol–water partition coefficient (Wildman–Crippen LogP) is 1.92. The van der Waals surface area contributed by atoms with Crippen molar-refractivity contribution in [2.24, 2.45) is 5.73 Å². The van der Waals surface area contributed by atoms with Gasteiger partial charge in [0.25, 0.3) is 0 Å². The van der Waals surface area contributed by atoms with Crippen LogP contribution in [0.4, 0.5) is 0 Å². The highest BCUT2D eigenvalue weighted by Crippen LogP contribution is 2.28. The average Bonchev–Trinajstić information content (AvgIpc) is 3.20. The largest absolute Gasteiger partial charge is 0.330 e. The number of aromatic nitrogens is 5. The van der Waals surface area contributed by atoms with Gasteiger partial charge in [0, 0.05) is 12.4 Å². The summed E-state index contributed by atoms with van der Waals surface area (Å²) in [5.41, 5.74) is 7.60. The molecule has 2 aromatic heterocycles. The summed E-state index contributed by atoms with van der Waals surface area (Å²) in [6.07, 6.45) is 12.4. The lowest BCUT2D eigenvalue weighted by Gasteiger charge is -2.08. The second-order valence-electron chi connectivity index (χ2n) is 5.88. The van der Waals surface area contributed by atoms with Gasteiger partial charge in [-0.25, -0.2) is 4.68 Å². The maximum absolute atomic E-state index is 5.50. The van der Waals surface area contributed by atoms with Gasteiger partial charge < -0.3 is 5.73 Å². The Balaban J connectivity index is 1.56. The van der Waals surface area contributed by atoms with Crippen LogP contribution >= 0.6 is 0 Å². The normalized spacial score (nSPS) is 15.9. The van der Waals surface area contributed by atoms with E-state index in [4.69, 9.17) is 5.73 Å². The molecule has 0 spiro atoms. The molecule has 0 aliphatic heterocycles. The Kier molecular flexibility index (Phi) is 4.65. The Labute approximate surface area is 125 Å². The van der Waals surface area contributed by atoms with Gasteiger partial charge in [-0.15, -0.1) is 5.10 Å². The highest BCUT2D eigenvalue weighted by Gasteiger charge is 2.17. The van der Waals surface area contributed by atoms with Crippen molar-refractivity contribution < 1.29 is 0 Å². The van der Waals surface area contributed by atoms with E-state index in [1.807, 2.05) is 10.9 Å². The SMILES string of the molecule is NCCCCc1cn(Cc2ccn(C3CCCC3)n2)nn1. The number of rotatable bonds is 7. The fourth-order valence-electron chi connectivity index (χ4n) is 2.98. The van der Waals surface area contributed by atoms with Gasteiger partial charge in [-0.05, 0) is 44.7 Å². The van der Waals surface area contributed by atoms with Crippen LogP contribution in [0.5, 0.6) is 0 Å². The third kappa shape index (κ3) is 3.69. The summed E-state index contributed by atoms with van der Waals surface area (Å²) in [6, 6.07) is 2.69. The van der Waals surface area contributed by atoms with Crippen LogP contribution < -0.4 is 5.73 Å². The fourth-order valence-corrected chi connectivity index (χ4v) is 2.98. The quantitative estimate of drug-likeness (QED) is 0.790. The van der Waals surface area contributed by atoms with Gasteiger partial charge >= 0.3 is 0 Å². The highest BCUT2D eigenvalue weighted by molar-refractivity contribution is 5.02. The molecular weight excluding hydrogens is 264 g/mol. The standard InChI is InChI=1S/C15H24N6/c16-9-4-3-5-13-11-20(19-17-13)12-14-8-10-21(18-14)15-6-1-2-7-15/h8,10-11,15H,1-7,9,12,16H2. The zero-order chi connectivity index (χ0) is 14.5. The number of aryl methyl sites for hydroxylation is 1. The van der Waals surface area contributed by atoms with E-state index in [0.717, 1.165) is 37.2 Å². The van der Waals surface area contributed by atoms with Crippen LogP contribution in [0.25, 0.3) is 0 Å². The maximum Gasteiger partial charge on any atom is 0.0867 e. The second-order valence-corrected chi connectivity index (χ2v) is 5.88. The van der Waals surface area contributed by atoms with Gasteiger partial charge in [0.2, 0.25) is 0 Å². The fraction of sp³-hybridized carbons (Fsp3) is 0.667. The van der Waals surface area contributed by atoms with Crippen LogP contribution in [-0.4, -0.2) is 31.3 Å². The van der Waals surface area contributed by atoms with Crippen LogP contribution in [0.2, 0.25) is 0 Å². The Morgan fingerprint density at radius 2 is 2.05 bits per heavy atom. The second kappa shape index (κ2) is 6.85. The van der Waals surface area contributed by atoms with Gasteiger partial charge in [-0.2, -0.15) is 5.10 Å². The highest BCUT2D eigenvalue weighted by atomic mass is 15.4. The van der Waals surface area contributed by atoms with Crippen LogP contribution in [0.3, 0.4) is 0 Å². The van der Waals surface area contributed by atoms with Gasteiger partial charge in [0.15, 0.2) is 0 Å². The molecule has 2 aromatic rings. The Bertz CT molecular complexity index is 552. The number of hydrogen-bond acceptors (Lipinski definition) is 4. The van der Waals surface area contributed by atoms with Crippen LogP contribution in [0.1, 0.15) is 56.0 Å². The molecule has 0 radical (unpaired) electrons. The van der Waals surface area contributed by atoms with E-state index in [2.05, 4.69) is 32.4 Å². The van der Waals surface area contributed by atoms with E-state index >= 15 is 0 Å². The first-order chi connectivity index (χ1) is 10.3. The van der Waals surface area contributed by atoms with E-state index < -0.39 is 0 Å². The average molecular weight is 288 g/mol.